The molecule has 0 aliphatic heterocycles. The maximum Gasteiger partial charge on any atom is 0.279 e. The van der Waals surface area contributed by atoms with Gasteiger partial charge in [0.2, 0.25) is 0 Å². The number of hydrazine groups is 1. The number of carbonyl (C=O) groups is 2. The number of hydrogen-bond donors (Lipinski definition) is 2. The molecule has 2 aromatic carbocycles. The molecular weight excluding hydrogens is 400 g/mol. The molecule has 2 amide bonds. The molecule has 0 aliphatic rings. The van der Waals surface area contributed by atoms with E-state index in [1.807, 2.05) is 30.3 Å². The monoisotopic (exact) mass is 420 g/mol. The fourth-order valence-corrected chi connectivity index (χ4v) is 4.05. The van der Waals surface area contributed by atoms with Gasteiger partial charge < -0.3 is 9.30 Å². The Balaban J connectivity index is 1.47. The van der Waals surface area contributed by atoms with Crippen molar-refractivity contribution in [2.75, 3.05) is 7.11 Å². The SMILES string of the molecule is CCn1c(-c2ccc(C(=O)NNC(=O)c3ccc(OC)cc3)s2)nc2ccccc21. The van der Waals surface area contributed by atoms with Crippen molar-refractivity contribution < 1.29 is 14.3 Å². The molecule has 8 heteroatoms. The number of hydrogen-bond acceptors (Lipinski definition) is 5. The number of fused-ring (bicyclic) bond motifs is 1. The van der Waals surface area contributed by atoms with Crippen molar-refractivity contribution in [2.45, 2.75) is 13.5 Å². The minimum atomic E-state index is -0.407. The van der Waals surface area contributed by atoms with Crippen LogP contribution in [0.25, 0.3) is 21.7 Å². The number of benzene rings is 2. The molecule has 0 unspecified atom stereocenters. The third kappa shape index (κ3) is 3.77. The van der Waals surface area contributed by atoms with Crippen LogP contribution in [0.1, 0.15) is 27.0 Å². The number of imidazole rings is 1. The zero-order valence-electron chi connectivity index (χ0n) is 16.5. The van der Waals surface area contributed by atoms with Crippen LogP contribution < -0.4 is 15.6 Å². The number of methoxy groups -OCH3 is 1. The Hall–Kier alpha value is -3.65. The molecule has 4 rings (SSSR count). The smallest absolute Gasteiger partial charge is 0.279 e. The highest BCUT2D eigenvalue weighted by Gasteiger charge is 2.16. The number of para-hydroxylation sites is 2. The Morgan fingerprint density at radius 3 is 2.47 bits per heavy atom. The number of nitrogens with zero attached hydrogens (tertiary/aromatic N) is 2. The van der Waals surface area contributed by atoms with Gasteiger partial charge in [-0.1, -0.05) is 12.1 Å². The van der Waals surface area contributed by atoms with Crippen molar-refractivity contribution in [3.05, 3.63) is 71.1 Å². The summed E-state index contributed by atoms with van der Waals surface area (Å²) in [5.41, 5.74) is 7.28. The van der Waals surface area contributed by atoms with Crippen LogP contribution in [0.5, 0.6) is 5.75 Å². The molecule has 0 aliphatic carbocycles. The number of rotatable bonds is 5. The summed E-state index contributed by atoms with van der Waals surface area (Å²) in [5.74, 6) is 0.688. The molecule has 0 radical (unpaired) electrons. The third-order valence-corrected chi connectivity index (χ3v) is 5.74. The first kappa shape index (κ1) is 19.7. The van der Waals surface area contributed by atoms with Crippen LogP contribution in [0.2, 0.25) is 0 Å². The number of carbonyl (C=O) groups excluding carboxylic acids is 2. The number of ether oxygens (including phenoxy) is 1. The van der Waals surface area contributed by atoms with Crippen LogP contribution in [0.4, 0.5) is 0 Å². The van der Waals surface area contributed by atoms with E-state index in [1.165, 1.54) is 11.3 Å². The first-order valence-electron chi connectivity index (χ1n) is 9.41. The van der Waals surface area contributed by atoms with Gasteiger partial charge in [0, 0.05) is 12.1 Å². The fourth-order valence-electron chi connectivity index (χ4n) is 3.15. The van der Waals surface area contributed by atoms with Crippen molar-refractivity contribution in [1.29, 1.82) is 0 Å². The van der Waals surface area contributed by atoms with Gasteiger partial charge in [0.1, 0.15) is 5.75 Å². The van der Waals surface area contributed by atoms with Crippen LogP contribution in [-0.4, -0.2) is 28.5 Å². The average molecular weight is 420 g/mol. The molecule has 0 atom stereocenters. The quantitative estimate of drug-likeness (QED) is 0.480. The van der Waals surface area contributed by atoms with E-state index >= 15 is 0 Å². The van der Waals surface area contributed by atoms with Crippen molar-refractivity contribution in [1.82, 2.24) is 20.4 Å². The number of thiophene rings is 1. The number of aromatic nitrogens is 2. The molecule has 0 spiro atoms. The Morgan fingerprint density at radius 1 is 1.00 bits per heavy atom. The molecule has 4 aromatic rings. The van der Waals surface area contributed by atoms with E-state index in [0.29, 0.717) is 16.2 Å². The van der Waals surface area contributed by atoms with Crippen LogP contribution in [0.3, 0.4) is 0 Å². The highest BCUT2D eigenvalue weighted by atomic mass is 32.1. The Bertz CT molecular complexity index is 1210. The van der Waals surface area contributed by atoms with E-state index in [0.717, 1.165) is 28.3 Å². The minimum absolute atomic E-state index is 0.382. The molecule has 30 heavy (non-hydrogen) atoms. The van der Waals surface area contributed by atoms with Crippen LogP contribution in [-0.2, 0) is 6.54 Å². The fraction of sp³-hybridized carbons (Fsp3) is 0.136. The van der Waals surface area contributed by atoms with Crippen LogP contribution >= 0.6 is 11.3 Å². The topological polar surface area (TPSA) is 85.2 Å². The molecule has 152 valence electrons. The van der Waals surface area contributed by atoms with E-state index in [2.05, 4.69) is 22.3 Å². The first-order valence-corrected chi connectivity index (χ1v) is 10.2. The van der Waals surface area contributed by atoms with Gasteiger partial charge in [0.25, 0.3) is 11.8 Å². The zero-order chi connectivity index (χ0) is 21.1. The van der Waals surface area contributed by atoms with Gasteiger partial charge in [0.15, 0.2) is 5.82 Å². The van der Waals surface area contributed by atoms with Gasteiger partial charge in [-0.15, -0.1) is 11.3 Å². The molecule has 0 bridgehead atoms. The molecule has 7 nitrogen and oxygen atoms in total. The van der Waals surface area contributed by atoms with Gasteiger partial charge >= 0.3 is 0 Å². The van der Waals surface area contributed by atoms with Gasteiger partial charge in [-0.2, -0.15) is 0 Å². The highest BCUT2D eigenvalue weighted by Crippen LogP contribution is 2.30. The van der Waals surface area contributed by atoms with E-state index in [1.54, 1.807) is 37.4 Å². The lowest BCUT2D eigenvalue weighted by Gasteiger charge is -2.07. The van der Waals surface area contributed by atoms with Gasteiger partial charge in [0.05, 0.1) is 27.9 Å². The van der Waals surface area contributed by atoms with Crippen LogP contribution in [0, 0.1) is 0 Å². The van der Waals surface area contributed by atoms with E-state index < -0.39 is 5.91 Å². The van der Waals surface area contributed by atoms with Gasteiger partial charge in [-0.25, -0.2) is 4.98 Å². The summed E-state index contributed by atoms with van der Waals surface area (Å²) in [6.07, 6.45) is 0. The maximum absolute atomic E-state index is 12.5. The van der Waals surface area contributed by atoms with Gasteiger partial charge in [-0.3, -0.25) is 20.4 Å². The average Bonchev–Trinajstić information content (AvgIpc) is 3.42. The maximum atomic E-state index is 12.5. The second-order valence-corrected chi connectivity index (χ2v) is 7.55. The van der Waals surface area contributed by atoms with E-state index in [9.17, 15) is 9.59 Å². The Kier molecular flexibility index (Phi) is 5.49. The predicted molar refractivity (Wildman–Crippen MR) is 117 cm³/mol. The number of aryl methyl sites for hydroxylation is 1. The molecule has 2 aromatic heterocycles. The van der Waals surface area contributed by atoms with Gasteiger partial charge in [-0.05, 0) is 55.5 Å². The second kappa shape index (κ2) is 8.38. The summed E-state index contributed by atoms with van der Waals surface area (Å²) in [4.78, 5) is 30.8. The summed E-state index contributed by atoms with van der Waals surface area (Å²) >= 11 is 1.33. The largest absolute Gasteiger partial charge is 0.497 e. The highest BCUT2D eigenvalue weighted by molar-refractivity contribution is 7.17. The lowest BCUT2D eigenvalue weighted by atomic mass is 10.2. The minimum Gasteiger partial charge on any atom is -0.497 e. The molecular formula is C22H20N4O3S. The molecule has 0 saturated heterocycles. The summed E-state index contributed by atoms with van der Waals surface area (Å²) in [7, 11) is 1.56. The Morgan fingerprint density at radius 2 is 1.73 bits per heavy atom. The Labute approximate surface area is 177 Å². The van der Waals surface area contributed by atoms with Crippen molar-refractivity contribution in [3.63, 3.8) is 0 Å². The van der Waals surface area contributed by atoms with Crippen LogP contribution in [0.15, 0.2) is 60.7 Å². The van der Waals surface area contributed by atoms with Crippen molar-refractivity contribution in [3.8, 4) is 16.5 Å². The summed E-state index contributed by atoms with van der Waals surface area (Å²) < 4.78 is 7.19. The lowest BCUT2D eigenvalue weighted by molar-refractivity contribution is 0.0849. The first-order chi connectivity index (χ1) is 14.6. The molecule has 2 heterocycles. The van der Waals surface area contributed by atoms with Crippen molar-refractivity contribution >= 4 is 34.2 Å². The second-order valence-electron chi connectivity index (χ2n) is 6.47. The predicted octanol–water partition coefficient (Wildman–Crippen LogP) is 3.87. The number of nitrogens with one attached hydrogen (secondary N) is 2. The van der Waals surface area contributed by atoms with E-state index in [4.69, 9.17) is 9.72 Å². The lowest BCUT2D eigenvalue weighted by Crippen LogP contribution is -2.41. The molecule has 0 fully saturated rings. The summed E-state index contributed by atoms with van der Waals surface area (Å²) in [5, 5.41) is 0. The zero-order valence-corrected chi connectivity index (χ0v) is 17.3. The summed E-state index contributed by atoms with van der Waals surface area (Å²) in [6, 6.07) is 18.2. The van der Waals surface area contributed by atoms with Crippen molar-refractivity contribution in [2.24, 2.45) is 0 Å². The normalized spacial score (nSPS) is 10.7. The molecule has 2 N–H and O–H groups in total. The standard InChI is InChI=1S/C22H20N4O3S/c1-3-26-17-7-5-4-6-16(17)23-20(26)18-12-13-19(30-18)22(28)25-24-21(27)14-8-10-15(29-2)11-9-14/h4-13H,3H2,1-2H3,(H,24,27)(H,25,28). The summed E-state index contributed by atoms with van der Waals surface area (Å²) in [6.45, 7) is 2.83. The van der Waals surface area contributed by atoms with E-state index in [-0.39, 0.29) is 5.91 Å². The molecule has 0 saturated carbocycles. The number of amides is 2. The third-order valence-electron chi connectivity index (χ3n) is 4.66.